The summed E-state index contributed by atoms with van der Waals surface area (Å²) in [5.41, 5.74) is 0.509. The van der Waals surface area contributed by atoms with E-state index < -0.39 is 0 Å². The van der Waals surface area contributed by atoms with Crippen LogP contribution in [0, 0.1) is 58.7 Å². The highest BCUT2D eigenvalue weighted by Gasteiger charge is 2.17. The Bertz CT molecular complexity index is 891. The van der Waals surface area contributed by atoms with Gasteiger partial charge in [0, 0.05) is 34.0 Å². The van der Waals surface area contributed by atoms with E-state index in [1.54, 1.807) is 14.2 Å². The van der Waals surface area contributed by atoms with Crippen molar-refractivity contribution in [2.75, 3.05) is 115 Å². The molecule has 5 atom stereocenters. The van der Waals surface area contributed by atoms with Crippen molar-refractivity contribution in [3.8, 4) is 0 Å². The maximum absolute atomic E-state index is 11.4. The highest BCUT2D eigenvalue weighted by molar-refractivity contribution is 4.68. The second-order valence-electron chi connectivity index (χ2n) is 26.8. The first-order chi connectivity index (χ1) is 41.7. The number of nitrogens with one attached hydrogen (secondary N) is 2. The van der Waals surface area contributed by atoms with Crippen molar-refractivity contribution in [3.05, 3.63) is 0 Å². The molecule has 0 saturated heterocycles. The van der Waals surface area contributed by atoms with Crippen LogP contribution >= 0.6 is 0 Å². The standard InChI is InChI=1S/3C8H18.C6H14O.3C6H14.C5H9F.2C5H13N.2C4H11N.2C4H10O.CH3F/c1-6-7(2)8(3,4)5;1-5-8(4)6-7(2)3;1-5-7(3)8(4)6-2;1-4-5-6(2)7-3;2*1-4-5-6(2)3;1-4-6(3)5-2;6-4-5-2-1-3-5;1-4-5-6(2)3;1-4-6(3)5-2;1-3-4-5-2;1-3-5-4-2;1-3-4-5-2;1-3-5-4-2;1-2/h7H,6H2,1-5H3;2*7-8H,5-6H2,1-4H3;6H,4-5H2,1-3H3;3*6H,4-5H2,1-3H3;5H,1-4H2;2*4-5H2,1-3H3;2*5H,3-4H2,1-2H3;2*3-4H2,1-2H3;1H3. The monoisotopic (exact) mass is 1290 g/mol. The van der Waals surface area contributed by atoms with Gasteiger partial charge in [0.2, 0.25) is 0 Å². The molecule has 0 radical (unpaired) electrons. The summed E-state index contributed by atoms with van der Waals surface area (Å²) >= 11 is 0. The molecule has 0 amide bonds. The Hall–Kier alpha value is -0.420. The summed E-state index contributed by atoms with van der Waals surface area (Å²) < 4.78 is 35.5. The van der Waals surface area contributed by atoms with Crippen LogP contribution in [0.1, 0.15) is 350 Å². The molecule has 0 spiro atoms. The SMILES string of the molecule is CCC(C)C(C)(C)C.CCC(C)C(C)CC.CCC(C)CC.CCC(C)CC(C)C.CCCC(C)C.CCCC(C)C.CCCC(C)OC.CCCN(C)C.CCCNC.CCCOC.CCN(C)CC.CCNCC.CCOCC.CF.FCC1CCC1. The van der Waals surface area contributed by atoms with E-state index in [1.165, 1.54) is 109 Å². The van der Waals surface area contributed by atoms with Crippen LogP contribution < -0.4 is 10.6 Å². The predicted molar refractivity (Wildman–Crippen MR) is 418 cm³/mol. The molecular weight excluding hydrogens is 1100 g/mol. The van der Waals surface area contributed by atoms with Gasteiger partial charge in [-0.1, -0.05) is 285 Å². The molecule has 0 bridgehead atoms. The number of ether oxygens (including phenoxy) is 3. The summed E-state index contributed by atoms with van der Waals surface area (Å²) in [5, 5.41) is 6.13. The van der Waals surface area contributed by atoms with Gasteiger partial charge in [-0.2, -0.15) is 0 Å². The van der Waals surface area contributed by atoms with Crippen molar-refractivity contribution in [2.45, 2.75) is 357 Å². The van der Waals surface area contributed by atoms with E-state index >= 15 is 0 Å². The molecule has 1 saturated carbocycles. The lowest BCUT2D eigenvalue weighted by molar-refractivity contribution is 0.110. The lowest BCUT2D eigenvalue weighted by Crippen LogP contribution is -2.15. The largest absolute Gasteiger partial charge is 0.385 e. The second-order valence-corrected chi connectivity index (χ2v) is 26.8. The molecule has 1 aliphatic carbocycles. The zero-order valence-corrected chi connectivity index (χ0v) is 70.7. The number of halogens is 2. The van der Waals surface area contributed by atoms with E-state index in [0.29, 0.717) is 24.6 Å². The molecule has 7 nitrogen and oxygen atoms in total. The van der Waals surface area contributed by atoms with Gasteiger partial charge in [-0.15, -0.1) is 0 Å². The Labute approximate surface area is 571 Å². The topological polar surface area (TPSA) is 58.2 Å². The average Bonchev–Trinajstić information content (AvgIpc) is 3.48. The quantitative estimate of drug-likeness (QED) is 0.0774. The smallest absolute Gasteiger partial charge is 0.0922 e. The predicted octanol–water partition coefficient (Wildman–Crippen LogP) is 26.0. The van der Waals surface area contributed by atoms with Crippen LogP contribution in [0.15, 0.2) is 0 Å². The van der Waals surface area contributed by atoms with Crippen molar-refractivity contribution in [1.82, 2.24) is 20.4 Å². The molecule has 0 aromatic heterocycles. The molecule has 1 aliphatic rings. The summed E-state index contributed by atoms with van der Waals surface area (Å²) in [5.74, 6) is 7.67. The minimum atomic E-state index is -0.0833. The van der Waals surface area contributed by atoms with Gasteiger partial charge in [-0.25, -0.2) is 0 Å². The number of rotatable bonds is 29. The Balaban J connectivity index is -0.0000000567. The van der Waals surface area contributed by atoms with Crippen LogP contribution in [0.3, 0.4) is 0 Å². The highest BCUT2D eigenvalue weighted by atomic mass is 19.1. The van der Waals surface area contributed by atoms with Crippen molar-refractivity contribution in [1.29, 1.82) is 0 Å². The third-order valence-electron chi connectivity index (χ3n) is 15.2. The highest BCUT2D eigenvalue weighted by Crippen LogP contribution is 2.27. The Morgan fingerprint density at radius 1 is 0.506 bits per heavy atom. The van der Waals surface area contributed by atoms with Gasteiger partial charge < -0.3 is 34.6 Å². The third kappa shape index (κ3) is 181. The van der Waals surface area contributed by atoms with Gasteiger partial charge in [-0.05, 0) is 192 Å². The summed E-state index contributed by atoms with van der Waals surface area (Å²) in [6.45, 7) is 82.5. The van der Waals surface area contributed by atoms with E-state index in [9.17, 15) is 8.78 Å². The first kappa shape index (κ1) is 122. The number of hydrogen-bond donors (Lipinski definition) is 2. The average molecular weight is 1290 g/mol. The molecule has 9 heteroatoms. The number of hydrogen-bond acceptors (Lipinski definition) is 7. The molecule has 0 aromatic rings. The fourth-order valence-electron chi connectivity index (χ4n) is 6.58. The van der Waals surface area contributed by atoms with Gasteiger partial charge in [0.15, 0.2) is 0 Å². The van der Waals surface area contributed by atoms with E-state index in [0.717, 1.165) is 119 Å². The first-order valence-corrected chi connectivity index (χ1v) is 37.9. The van der Waals surface area contributed by atoms with Crippen LogP contribution in [-0.4, -0.2) is 131 Å². The van der Waals surface area contributed by atoms with E-state index in [2.05, 4.69) is 256 Å². The molecule has 5 unspecified atom stereocenters. The Kier molecular flexibility index (Phi) is 158. The van der Waals surface area contributed by atoms with Gasteiger partial charge in [-0.3, -0.25) is 8.78 Å². The number of nitrogens with zero attached hydrogens (tertiary/aromatic N) is 2. The van der Waals surface area contributed by atoms with Gasteiger partial charge in [0.05, 0.1) is 20.0 Å². The van der Waals surface area contributed by atoms with Crippen LogP contribution in [0.2, 0.25) is 0 Å². The minimum absolute atomic E-state index is 0.0833. The molecule has 0 heterocycles. The number of alkyl halides is 2. The second kappa shape index (κ2) is 115. The maximum atomic E-state index is 11.4. The zero-order chi connectivity index (χ0) is 73.5. The summed E-state index contributed by atoms with van der Waals surface area (Å²) in [7, 11) is 12.2. The molecule has 1 rings (SSSR count). The molecule has 1 fully saturated rings. The molecular formula is C80H190F2N4O3. The zero-order valence-electron chi connectivity index (χ0n) is 70.7. The van der Waals surface area contributed by atoms with E-state index in [1.807, 2.05) is 20.9 Å². The van der Waals surface area contributed by atoms with E-state index in [4.69, 9.17) is 14.2 Å². The maximum Gasteiger partial charge on any atom is 0.0922 e. The van der Waals surface area contributed by atoms with Crippen LogP contribution in [0.25, 0.3) is 0 Å². The van der Waals surface area contributed by atoms with Gasteiger partial charge in [0.1, 0.15) is 0 Å². The summed E-state index contributed by atoms with van der Waals surface area (Å²) in [6.07, 6.45) is 24.7. The third-order valence-corrected chi connectivity index (χ3v) is 15.2. The lowest BCUT2D eigenvalue weighted by atomic mass is 9.81. The van der Waals surface area contributed by atoms with Crippen molar-refractivity contribution in [3.63, 3.8) is 0 Å². The van der Waals surface area contributed by atoms with Gasteiger partial charge in [0.25, 0.3) is 0 Å². The molecule has 0 aromatic carbocycles. The fraction of sp³-hybridized carbons (Fsp3) is 1.00. The van der Waals surface area contributed by atoms with Crippen molar-refractivity contribution >= 4 is 0 Å². The van der Waals surface area contributed by atoms with Crippen molar-refractivity contribution in [2.24, 2.45) is 58.7 Å². The van der Waals surface area contributed by atoms with E-state index in [-0.39, 0.29) is 6.67 Å². The Morgan fingerprint density at radius 2 is 0.899 bits per heavy atom. The van der Waals surface area contributed by atoms with Crippen LogP contribution in [0.4, 0.5) is 8.78 Å². The molecule has 2 N–H and O–H groups in total. The summed E-state index contributed by atoms with van der Waals surface area (Å²) in [6, 6.07) is 0. The molecule has 89 heavy (non-hydrogen) atoms. The summed E-state index contributed by atoms with van der Waals surface area (Å²) in [4.78, 5) is 4.43. The molecule has 0 aliphatic heterocycles. The fourth-order valence-corrected chi connectivity index (χ4v) is 6.58. The normalized spacial score (nSPS) is 12.4. The number of methoxy groups -OCH3 is 2. The minimum Gasteiger partial charge on any atom is -0.385 e. The lowest BCUT2D eigenvalue weighted by Gasteiger charge is -2.25. The van der Waals surface area contributed by atoms with Crippen molar-refractivity contribution < 1.29 is 23.0 Å². The van der Waals surface area contributed by atoms with Crippen LogP contribution in [-0.2, 0) is 14.2 Å². The van der Waals surface area contributed by atoms with Gasteiger partial charge >= 0.3 is 0 Å². The molecule has 562 valence electrons. The Morgan fingerprint density at radius 3 is 0.933 bits per heavy atom. The van der Waals surface area contributed by atoms with Crippen LogP contribution in [0.5, 0.6) is 0 Å². The first-order valence-electron chi connectivity index (χ1n) is 37.9.